The minimum atomic E-state index is -4.96. The van der Waals surface area contributed by atoms with E-state index in [1.54, 1.807) is 0 Å². The Bertz CT molecular complexity index is 1940. The third-order valence-corrected chi connectivity index (χ3v) is 20.8. The summed E-state index contributed by atoms with van der Waals surface area (Å²) in [6.45, 7) is 11.8. The summed E-state index contributed by atoms with van der Waals surface area (Å²) >= 11 is 0. The van der Waals surface area contributed by atoms with Crippen LogP contribution in [0.2, 0.25) is 0 Å². The number of hydrogen-bond acceptors (Lipinski definition) is 15. The van der Waals surface area contributed by atoms with Gasteiger partial charge in [0.15, 0.2) is 12.2 Å². The van der Waals surface area contributed by atoms with Gasteiger partial charge in [0.05, 0.1) is 26.4 Å². The molecule has 0 aromatic carbocycles. The fourth-order valence-electron chi connectivity index (χ4n) is 12.5. The largest absolute Gasteiger partial charge is 0.472 e. The van der Waals surface area contributed by atoms with Crippen LogP contribution in [0.5, 0.6) is 0 Å². The lowest BCUT2D eigenvalue weighted by Crippen LogP contribution is -2.30. The molecule has 0 aliphatic carbocycles. The summed E-state index contributed by atoms with van der Waals surface area (Å²) in [6, 6.07) is 0. The number of phosphoric acid groups is 2. The normalized spacial score (nSPS) is 14.0. The van der Waals surface area contributed by atoms with Gasteiger partial charge in [0.2, 0.25) is 0 Å². The van der Waals surface area contributed by atoms with Crippen molar-refractivity contribution in [1.29, 1.82) is 0 Å². The average Bonchev–Trinajstić information content (AvgIpc) is 0.965. The number of unbranched alkanes of at least 4 members (excludes halogenated alkanes) is 47. The number of ether oxygens (including phenoxy) is 4. The molecule has 0 heterocycles. The molecule has 0 aliphatic rings. The molecule has 0 saturated heterocycles. The molecule has 0 bridgehead atoms. The van der Waals surface area contributed by atoms with Crippen LogP contribution in [0.4, 0.5) is 0 Å². The molecule has 17 nitrogen and oxygen atoms in total. The number of aliphatic hydroxyl groups excluding tert-OH is 1. The Labute approximate surface area is 613 Å². The zero-order chi connectivity index (χ0) is 73.7. The van der Waals surface area contributed by atoms with E-state index in [-0.39, 0.29) is 25.7 Å². The van der Waals surface area contributed by atoms with Crippen LogP contribution in [0.25, 0.3) is 0 Å². The Hall–Kier alpha value is -1.94. The Morgan fingerprint density at radius 3 is 0.680 bits per heavy atom. The van der Waals surface area contributed by atoms with Gasteiger partial charge in [0, 0.05) is 25.7 Å². The Kier molecular flexibility index (Phi) is 69.9. The molecule has 19 heteroatoms. The van der Waals surface area contributed by atoms with Gasteiger partial charge in [-0.25, -0.2) is 9.13 Å². The molecular formula is C81H158O17P2. The molecule has 100 heavy (non-hydrogen) atoms. The average molecular weight is 1470 g/mol. The minimum absolute atomic E-state index is 0.101. The van der Waals surface area contributed by atoms with E-state index in [2.05, 4.69) is 48.5 Å². The minimum Gasteiger partial charge on any atom is -0.462 e. The summed E-state index contributed by atoms with van der Waals surface area (Å²) in [7, 11) is -9.91. The van der Waals surface area contributed by atoms with Crippen LogP contribution in [0.3, 0.4) is 0 Å². The smallest absolute Gasteiger partial charge is 0.462 e. The van der Waals surface area contributed by atoms with Crippen LogP contribution in [0.1, 0.15) is 421 Å². The first-order chi connectivity index (χ1) is 48.2. The van der Waals surface area contributed by atoms with Gasteiger partial charge in [-0.05, 0) is 43.4 Å². The maximum absolute atomic E-state index is 13.1. The monoisotopic (exact) mass is 1470 g/mol. The molecule has 0 saturated carbocycles. The molecule has 5 atom stereocenters. The molecule has 2 unspecified atom stereocenters. The number of phosphoric ester groups is 2. The lowest BCUT2D eigenvalue weighted by atomic mass is 10.0. The van der Waals surface area contributed by atoms with Gasteiger partial charge in [0.1, 0.15) is 19.3 Å². The molecule has 0 fully saturated rings. The number of esters is 4. The van der Waals surface area contributed by atoms with Gasteiger partial charge < -0.3 is 33.8 Å². The van der Waals surface area contributed by atoms with E-state index in [1.165, 1.54) is 225 Å². The topological polar surface area (TPSA) is 237 Å². The molecule has 0 aromatic rings. The summed E-state index contributed by atoms with van der Waals surface area (Å²) < 4.78 is 68.5. The van der Waals surface area contributed by atoms with Gasteiger partial charge >= 0.3 is 39.5 Å². The van der Waals surface area contributed by atoms with Crippen molar-refractivity contribution in [3.63, 3.8) is 0 Å². The third kappa shape index (κ3) is 74.3. The van der Waals surface area contributed by atoms with E-state index in [0.717, 1.165) is 102 Å². The second kappa shape index (κ2) is 71.3. The zero-order valence-corrected chi connectivity index (χ0v) is 67.5. The lowest BCUT2D eigenvalue weighted by molar-refractivity contribution is -0.161. The van der Waals surface area contributed by atoms with Crippen LogP contribution < -0.4 is 0 Å². The fourth-order valence-corrected chi connectivity index (χ4v) is 14.1. The summed E-state index contributed by atoms with van der Waals surface area (Å²) in [4.78, 5) is 72.8. The first-order valence-corrected chi connectivity index (χ1v) is 44.8. The third-order valence-electron chi connectivity index (χ3n) is 18.9. The van der Waals surface area contributed by atoms with Crippen molar-refractivity contribution < 1.29 is 80.2 Å². The summed E-state index contributed by atoms with van der Waals surface area (Å²) in [5.41, 5.74) is 0. The highest BCUT2D eigenvalue weighted by Gasteiger charge is 2.30. The van der Waals surface area contributed by atoms with Gasteiger partial charge in [-0.3, -0.25) is 37.3 Å². The zero-order valence-electron chi connectivity index (χ0n) is 65.7. The van der Waals surface area contributed by atoms with Crippen LogP contribution in [-0.2, 0) is 65.4 Å². The maximum atomic E-state index is 13.1. The number of carbonyl (C=O) groups excluding carboxylic acids is 4. The molecule has 0 spiro atoms. The summed E-state index contributed by atoms with van der Waals surface area (Å²) in [5.74, 6) is 0.0481. The fraction of sp³-hybridized carbons (Fsp3) is 0.951. The predicted molar refractivity (Wildman–Crippen MR) is 409 cm³/mol. The highest BCUT2D eigenvalue weighted by atomic mass is 31.2. The number of aliphatic hydroxyl groups is 1. The van der Waals surface area contributed by atoms with E-state index in [9.17, 15) is 43.2 Å². The van der Waals surface area contributed by atoms with Crippen molar-refractivity contribution in [3.05, 3.63) is 0 Å². The van der Waals surface area contributed by atoms with Crippen molar-refractivity contribution in [2.24, 2.45) is 17.8 Å². The second-order valence-corrected chi connectivity index (χ2v) is 33.5. The van der Waals surface area contributed by atoms with Gasteiger partial charge in [0.25, 0.3) is 0 Å². The quantitative estimate of drug-likeness (QED) is 0.0222. The molecule has 0 rings (SSSR count). The lowest BCUT2D eigenvalue weighted by Gasteiger charge is -2.21. The first kappa shape index (κ1) is 98.1. The first-order valence-electron chi connectivity index (χ1n) is 41.8. The van der Waals surface area contributed by atoms with Crippen LogP contribution in [-0.4, -0.2) is 96.7 Å². The van der Waals surface area contributed by atoms with E-state index in [1.807, 2.05) is 0 Å². The summed E-state index contributed by atoms with van der Waals surface area (Å²) in [6.07, 6.45) is 60.4. The highest BCUT2D eigenvalue weighted by molar-refractivity contribution is 7.47. The standard InChI is InChI=1S/C81H158O17P2/c1-8-9-10-11-12-13-14-15-16-17-18-19-20-24-27-30-33-36-39-48-55-62-78(83)91-68-76(97-80(85)64-57-50-40-37-34-31-28-25-22-21-23-26-29-32-35-38-45-52-59-72(2)3)70-95-99(87,88)93-66-75(82)67-94-100(89,90)96-71-77(98-81(86)65-58-51-44-42-47-54-61-74(6)7)69-92-79(84)63-56-49-43-41-46-53-60-73(4)5/h72-77,82H,8-71H2,1-7H3,(H,87,88)(H,89,90)/t75-,76-,77-/m1/s1. The Balaban J connectivity index is 5.15. The maximum Gasteiger partial charge on any atom is 0.472 e. The van der Waals surface area contributed by atoms with Gasteiger partial charge in [-0.15, -0.1) is 0 Å². The molecule has 0 amide bonds. The van der Waals surface area contributed by atoms with Crippen LogP contribution >= 0.6 is 15.6 Å². The Morgan fingerprint density at radius 1 is 0.270 bits per heavy atom. The second-order valence-electron chi connectivity index (χ2n) is 30.6. The number of hydrogen-bond donors (Lipinski definition) is 3. The molecular weight excluding hydrogens is 1310 g/mol. The molecule has 0 radical (unpaired) electrons. The van der Waals surface area contributed by atoms with Crippen molar-refractivity contribution in [2.75, 3.05) is 39.6 Å². The number of carbonyl (C=O) groups is 4. The predicted octanol–water partition coefficient (Wildman–Crippen LogP) is 24.1. The molecule has 0 aliphatic heterocycles. The highest BCUT2D eigenvalue weighted by Crippen LogP contribution is 2.45. The van der Waals surface area contributed by atoms with Crippen molar-refractivity contribution >= 4 is 39.5 Å². The molecule has 0 aromatic heterocycles. The van der Waals surface area contributed by atoms with E-state index < -0.39 is 97.5 Å². The van der Waals surface area contributed by atoms with Crippen LogP contribution in [0, 0.1) is 17.8 Å². The van der Waals surface area contributed by atoms with E-state index in [4.69, 9.17) is 37.0 Å². The van der Waals surface area contributed by atoms with Crippen molar-refractivity contribution in [1.82, 2.24) is 0 Å². The molecule has 594 valence electrons. The van der Waals surface area contributed by atoms with E-state index in [0.29, 0.717) is 37.5 Å². The van der Waals surface area contributed by atoms with Crippen LogP contribution in [0.15, 0.2) is 0 Å². The van der Waals surface area contributed by atoms with E-state index >= 15 is 0 Å². The summed E-state index contributed by atoms with van der Waals surface area (Å²) in [5, 5.41) is 10.6. The van der Waals surface area contributed by atoms with Crippen molar-refractivity contribution in [3.8, 4) is 0 Å². The molecule has 3 N–H and O–H groups in total. The van der Waals surface area contributed by atoms with Gasteiger partial charge in [-0.2, -0.15) is 0 Å². The van der Waals surface area contributed by atoms with Crippen molar-refractivity contribution in [2.45, 2.75) is 439 Å². The van der Waals surface area contributed by atoms with Gasteiger partial charge in [-0.1, -0.05) is 370 Å². The Morgan fingerprint density at radius 2 is 0.460 bits per heavy atom. The SMILES string of the molecule is CCCCCCCCCCCCCCCCCCCCCCCC(=O)OC[C@H](COP(=O)(O)OC[C@@H](O)COP(=O)(O)OC[C@@H](COC(=O)CCCCCCCCC(C)C)OC(=O)CCCCCCCCC(C)C)OC(=O)CCCCCCCCCCCCCCCCCCCCC(C)C. The number of rotatable bonds is 79.